The zero-order valence-corrected chi connectivity index (χ0v) is 14.0. The molecule has 2 aliphatic carbocycles. The predicted octanol–water partition coefficient (Wildman–Crippen LogP) is 2.26. The third-order valence-electron chi connectivity index (χ3n) is 4.46. The number of hydrogen-bond donors (Lipinski definition) is 3. The Balaban J connectivity index is 1.67. The van der Waals surface area contributed by atoms with Gasteiger partial charge in [0, 0.05) is 11.1 Å². The minimum atomic E-state index is -3.37. The average molecular weight is 348 g/mol. The van der Waals surface area contributed by atoms with E-state index in [2.05, 4.69) is 16.4 Å². The van der Waals surface area contributed by atoms with Gasteiger partial charge in [0.15, 0.2) is 9.92 Å². The van der Waals surface area contributed by atoms with Gasteiger partial charge >= 0.3 is 0 Å². The van der Waals surface area contributed by atoms with Gasteiger partial charge in [-0.1, -0.05) is 6.07 Å². The molecule has 0 saturated carbocycles. The Morgan fingerprint density at radius 2 is 2.00 bits per heavy atom. The third kappa shape index (κ3) is 2.46. The van der Waals surface area contributed by atoms with Crippen LogP contribution >= 0.6 is 11.3 Å². The lowest BCUT2D eigenvalue weighted by Crippen LogP contribution is -2.20. The van der Waals surface area contributed by atoms with Crippen molar-refractivity contribution in [3.05, 3.63) is 39.4 Å². The second-order valence-electron chi connectivity index (χ2n) is 5.93. The highest BCUT2D eigenvalue weighted by Gasteiger charge is 2.27. The highest BCUT2D eigenvalue weighted by Crippen LogP contribution is 2.39. The van der Waals surface area contributed by atoms with Crippen molar-refractivity contribution in [2.75, 3.05) is 5.32 Å². The molecule has 6 nitrogen and oxygen atoms in total. The number of nitrogens with one attached hydrogen (secondary N) is 2. The van der Waals surface area contributed by atoms with Crippen molar-refractivity contribution in [1.29, 1.82) is 4.78 Å². The molecule has 2 aliphatic rings. The Bertz CT molecular complexity index is 931. The molecule has 0 fully saturated rings. The number of nitrogens with two attached hydrogens (primary N) is 1. The van der Waals surface area contributed by atoms with E-state index in [-0.39, 0.29) is 15.9 Å². The second kappa shape index (κ2) is 5.12. The Kier molecular flexibility index (Phi) is 3.29. The molecule has 0 bridgehead atoms. The fraction of sp³-hybridized carbons (Fsp3) is 0.333. The van der Waals surface area contributed by atoms with Crippen molar-refractivity contribution < 1.29 is 9.00 Å². The largest absolute Gasteiger partial charge is 0.320 e. The lowest BCUT2D eigenvalue weighted by atomic mass is 9.83. The van der Waals surface area contributed by atoms with Crippen molar-refractivity contribution in [2.24, 2.45) is 5.14 Å². The van der Waals surface area contributed by atoms with Crippen LogP contribution < -0.4 is 10.5 Å². The number of amides is 1. The number of rotatable bonds is 3. The van der Waals surface area contributed by atoms with Gasteiger partial charge in [-0.15, -0.1) is 11.3 Å². The molecule has 2 aromatic rings. The van der Waals surface area contributed by atoms with Crippen molar-refractivity contribution in [1.82, 2.24) is 4.98 Å². The Morgan fingerprint density at radius 3 is 2.65 bits per heavy atom. The van der Waals surface area contributed by atoms with Gasteiger partial charge in [0.2, 0.25) is 4.34 Å². The number of aryl methyl sites for hydroxylation is 2. The maximum Gasteiger partial charge on any atom is 0.275 e. The summed E-state index contributed by atoms with van der Waals surface area (Å²) in [5, 5.41) is 9.76. The summed E-state index contributed by atoms with van der Waals surface area (Å²) in [6, 6.07) is 2.28. The van der Waals surface area contributed by atoms with Crippen LogP contribution in [0.1, 0.15) is 39.2 Å². The van der Waals surface area contributed by atoms with Crippen LogP contribution in [0.2, 0.25) is 0 Å². The van der Waals surface area contributed by atoms with Crippen LogP contribution in [0.3, 0.4) is 0 Å². The Labute approximate surface area is 138 Å². The van der Waals surface area contributed by atoms with Crippen LogP contribution in [0.5, 0.6) is 0 Å². The normalized spacial score (nSPS) is 17.8. The monoisotopic (exact) mass is 348 g/mol. The second-order valence-corrected chi connectivity index (χ2v) is 8.64. The van der Waals surface area contributed by atoms with E-state index in [1.165, 1.54) is 27.6 Å². The molecule has 8 heteroatoms. The van der Waals surface area contributed by atoms with Crippen LogP contribution in [-0.4, -0.2) is 15.1 Å². The quantitative estimate of drug-likeness (QED) is 0.791. The van der Waals surface area contributed by atoms with Gasteiger partial charge < -0.3 is 5.32 Å². The predicted molar refractivity (Wildman–Crippen MR) is 89.3 cm³/mol. The Morgan fingerprint density at radius 1 is 1.26 bits per heavy atom. The molecular weight excluding hydrogens is 332 g/mol. The molecule has 0 spiro atoms. The van der Waals surface area contributed by atoms with Crippen LogP contribution in [-0.2, 0) is 35.6 Å². The van der Waals surface area contributed by atoms with Crippen molar-refractivity contribution in [3.63, 3.8) is 0 Å². The van der Waals surface area contributed by atoms with Gasteiger partial charge in [0.25, 0.3) is 5.91 Å². The van der Waals surface area contributed by atoms with E-state index < -0.39 is 9.92 Å². The lowest BCUT2D eigenvalue weighted by molar-refractivity contribution is 0.102. The number of aromatic nitrogens is 1. The smallest absolute Gasteiger partial charge is 0.275 e. The molecule has 4 rings (SSSR count). The first-order valence-corrected chi connectivity index (χ1v) is 9.93. The third-order valence-corrected chi connectivity index (χ3v) is 6.73. The van der Waals surface area contributed by atoms with Gasteiger partial charge in [0.1, 0.15) is 5.69 Å². The van der Waals surface area contributed by atoms with E-state index in [4.69, 9.17) is 9.92 Å². The molecule has 4 N–H and O–H groups in total. The minimum absolute atomic E-state index is 0.0195. The maximum atomic E-state index is 12.5. The molecule has 0 saturated heterocycles. The standard InChI is InChI=1S/C15H16N4O2S2/c16-23(17,21)15-18-12(7-22-15)14(20)19-13-10-3-1-2-8(10)6-9-4-5-11(9)13/h6-7H,1-5H2,(H,19,20)(H3,16,17,21). The van der Waals surface area contributed by atoms with Crippen LogP contribution in [0.15, 0.2) is 15.8 Å². The van der Waals surface area contributed by atoms with Gasteiger partial charge in [-0.3, -0.25) is 4.79 Å². The minimum Gasteiger partial charge on any atom is -0.320 e. The van der Waals surface area contributed by atoms with Crippen molar-refractivity contribution >= 4 is 32.8 Å². The number of anilines is 1. The van der Waals surface area contributed by atoms with E-state index in [0.29, 0.717) is 0 Å². The van der Waals surface area contributed by atoms with Crippen LogP contribution in [0.4, 0.5) is 5.69 Å². The first-order chi connectivity index (χ1) is 10.9. The van der Waals surface area contributed by atoms with Gasteiger partial charge in [0.05, 0.1) is 0 Å². The summed E-state index contributed by atoms with van der Waals surface area (Å²) in [6.07, 6.45) is 5.24. The van der Waals surface area contributed by atoms with Gasteiger partial charge in [-0.05, 0) is 54.4 Å². The average Bonchev–Trinajstić information content (AvgIpc) is 3.10. The zero-order valence-electron chi connectivity index (χ0n) is 12.3. The lowest BCUT2D eigenvalue weighted by Gasteiger charge is -2.26. The molecule has 1 unspecified atom stereocenters. The van der Waals surface area contributed by atoms with Gasteiger partial charge in [-0.25, -0.2) is 19.1 Å². The summed E-state index contributed by atoms with van der Waals surface area (Å²) in [5.41, 5.74) is 6.26. The molecule has 1 aromatic heterocycles. The fourth-order valence-corrected chi connectivity index (χ4v) is 4.75. The number of benzene rings is 1. The van der Waals surface area contributed by atoms with E-state index in [0.717, 1.165) is 49.1 Å². The molecule has 1 aromatic carbocycles. The molecule has 0 radical (unpaired) electrons. The molecular formula is C15H16N4O2S2. The number of fused-ring (bicyclic) bond motifs is 2. The van der Waals surface area contributed by atoms with Crippen LogP contribution in [0, 0.1) is 4.78 Å². The molecule has 1 heterocycles. The SMILES string of the molecule is N=S(N)(=O)c1nc(C(=O)Nc2c3c(cc4c2CC4)CCC3)cs1. The van der Waals surface area contributed by atoms with Crippen molar-refractivity contribution in [2.45, 2.75) is 36.4 Å². The van der Waals surface area contributed by atoms with E-state index >= 15 is 0 Å². The molecule has 0 aliphatic heterocycles. The summed E-state index contributed by atoms with van der Waals surface area (Å²) in [5.74, 6) is -0.328. The first kappa shape index (κ1) is 14.8. The number of carbonyl (C=O) groups is 1. The summed E-state index contributed by atoms with van der Waals surface area (Å²) in [6.45, 7) is 0. The van der Waals surface area contributed by atoms with Crippen LogP contribution in [0.25, 0.3) is 0 Å². The number of carbonyl (C=O) groups excluding carboxylic acids is 1. The summed E-state index contributed by atoms with van der Waals surface area (Å²) >= 11 is 0.982. The molecule has 1 atom stereocenters. The van der Waals surface area contributed by atoms with E-state index in [1.807, 2.05) is 0 Å². The number of nitrogens with zero attached hydrogens (tertiary/aromatic N) is 1. The zero-order chi connectivity index (χ0) is 16.2. The summed E-state index contributed by atoms with van der Waals surface area (Å²) in [4.78, 5) is 16.4. The summed E-state index contributed by atoms with van der Waals surface area (Å²) < 4.78 is 18.8. The van der Waals surface area contributed by atoms with Gasteiger partial charge in [-0.2, -0.15) is 0 Å². The molecule has 1 amide bonds. The molecule has 23 heavy (non-hydrogen) atoms. The topological polar surface area (TPSA) is 109 Å². The number of thiazole rings is 1. The summed E-state index contributed by atoms with van der Waals surface area (Å²) in [7, 11) is -3.37. The maximum absolute atomic E-state index is 12.5. The fourth-order valence-electron chi connectivity index (χ4n) is 3.27. The molecule has 120 valence electrons. The number of hydrogen-bond acceptors (Lipinski definition) is 5. The van der Waals surface area contributed by atoms with E-state index in [9.17, 15) is 9.00 Å². The first-order valence-electron chi connectivity index (χ1n) is 7.43. The highest BCUT2D eigenvalue weighted by molar-refractivity contribution is 7.92. The van der Waals surface area contributed by atoms with Crippen molar-refractivity contribution in [3.8, 4) is 0 Å². The highest BCUT2D eigenvalue weighted by atomic mass is 32.2. The Hall–Kier alpha value is -1.77. The van der Waals surface area contributed by atoms with E-state index in [1.54, 1.807) is 0 Å².